The number of carbonyl (C=O) groups is 2. The van der Waals surface area contributed by atoms with E-state index in [9.17, 15) is 14.9 Å². The number of hydrogen-bond donors (Lipinski definition) is 2. The third-order valence-corrected chi connectivity index (χ3v) is 9.33. The van der Waals surface area contributed by atoms with Crippen molar-refractivity contribution >= 4 is 40.1 Å². The Morgan fingerprint density at radius 3 is 2.79 bits per heavy atom. The number of benzene rings is 1. The first-order chi connectivity index (χ1) is 20.8. The number of imidazole rings is 1. The number of nitrogens with one attached hydrogen (secondary N) is 2. The molecule has 0 saturated carbocycles. The van der Waals surface area contributed by atoms with Gasteiger partial charge < -0.3 is 14.2 Å². The topological polar surface area (TPSA) is 132 Å². The number of fused-ring (bicyclic) bond motifs is 1. The van der Waals surface area contributed by atoms with Gasteiger partial charge in [-0.05, 0) is 57.0 Å². The van der Waals surface area contributed by atoms with Crippen LogP contribution in [-0.4, -0.2) is 85.8 Å². The monoisotopic (exact) mass is 598 g/mol. The molecule has 0 radical (unpaired) electrons. The van der Waals surface area contributed by atoms with Crippen LogP contribution in [0, 0.1) is 11.3 Å². The highest BCUT2D eigenvalue weighted by molar-refractivity contribution is 7.17. The van der Waals surface area contributed by atoms with Crippen LogP contribution in [0.1, 0.15) is 36.4 Å². The van der Waals surface area contributed by atoms with Gasteiger partial charge in [-0.25, -0.2) is 4.98 Å². The van der Waals surface area contributed by atoms with Crippen molar-refractivity contribution in [1.29, 1.82) is 5.26 Å². The molecule has 3 aromatic heterocycles. The molecule has 4 aromatic rings. The van der Waals surface area contributed by atoms with Gasteiger partial charge in [0.25, 0.3) is 11.8 Å². The Kier molecular flexibility index (Phi) is 8.12. The molecule has 2 fully saturated rings. The molecule has 6 rings (SSSR count). The molecule has 2 amide bonds. The van der Waals surface area contributed by atoms with Crippen molar-refractivity contribution in [2.75, 3.05) is 38.2 Å². The molecule has 1 atom stereocenters. The molecular formula is C31H34N8O3S. The maximum atomic E-state index is 13.8. The summed E-state index contributed by atoms with van der Waals surface area (Å²) in [6.45, 7) is 7.85. The van der Waals surface area contributed by atoms with Crippen molar-refractivity contribution < 1.29 is 14.3 Å². The molecule has 0 aliphatic carbocycles. The minimum atomic E-state index is -0.461. The highest BCUT2D eigenvalue weighted by Crippen LogP contribution is 2.30. The van der Waals surface area contributed by atoms with Crippen LogP contribution in [0.2, 0.25) is 0 Å². The molecular weight excluding hydrogens is 564 g/mol. The fourth-order valence-corrected chi connectivity index (χ4v) is 6.79. The first kappa shape index (κ1) is 28.8. The van der Waals surface area contributed by atoms with E-state index in [1.54, 1.807) is 29.4 Å². The molecule has 0 spiro atoms. The Balaban J connectivity index is 1.24. The van der Waals surface area contributed by atoms with E-state index in [1.165, 1.54) is 11.3 Å². The Morgan fingerprint density at radius 2 is 2.02 bits per heavy atom. The number of nitriles is 1. The third kappa shape index (κ3) is 5.97. The van der Waals surface area contributed by atoms with Crippen LogP contribution < -0.4 is 5.32 Å². The Morgan fingerprint density at radius 1 is 1.21 bits per heavy atom. The number of likely N-dealkylation sites (tertiary alicyclic amines) is 1. The highest BCUT2D eigenvalue weighted by Gasteiger charge is 2.34. The van der Waals surface area contributed by atoms with Gasteiger partial charge in [0.05, 0.1) is 41.4 Å². The van der Waals surface area contributed by atoms with Crippen molar-refractivity contribution in [2.45, 2.75) is 44.8 Å². The summed E-state index contributed by atoms with van der Waals surface area (Å²) in [6.07, 6.45) is 6.93. The molecule has 0 unspecified atom stereocenters. The Hall–Kier alpha value is -4.31. The summed E-state index contributed by atoms with van der Waals surface area (Å²) in [5.74, 6) is -0.0874. The summed E-state index contributed by atoms with van der Waals surface area (Å²) in [6, 6.07) is 13.4. The van der Waals surface area contributed by atoms with E-state index in [1.807, 2.05) is 48.7 Å². The number of aromatic amines is 1. The van der Waals surface area contributed by atoms with E-state index in [0.29, 0.717) is 37.1 Å². The highest BCUT2D eigenvalue weighted by atomic mass is 32.1. The number of para-hydroxylation sites is 2. The third-order valence-electron chi connectivity index (χ3n) is 8.20. The van der Waals surface area contributed by atoms with Gasteiger partial charge >= 0.3 is 0 Å². The average Bonchev–Trinajstić information content (AvgIpc) is 3.84. The molecule has 2 aliphatic heterocycles. The first-order valence-electron chi connectivity index (χ1n) is 14.5. The zero-order chi connectivity index (χ0) is 30.0. The fourth-order valence-electron chi connectivity index (χ4n) is 5.90. The molecule has 11 nitrogen and oxygen atoms in total. The molecule has 12 heteroatoms. The van der Waals surface area contributed by atoms with Crippen molar-refractivity contribution in [3.05, 3.63) is 65.3 Å². The molecule has 0 bridgehead atoms. The maximum absolute atomic E-state index is 13.8. The minimum absolute atomic E-state index is 0.151. The summed E-state index contributed by atoms with van der Waals surface area (Å²) in [5.41, 5.74) is 2.23. The van der Waals surface area contributed by atoms with Gasteiger partial charge in [0, 0.05) is 48.4 Å². The lowest BCUT2D eigenvalue weighted by Gasteiger charge is -2.39. The zero-order valence-electron chi connectivity index (χ0n) is 24.2. The summed E-state index contributed by atoms with van der Waals surface area (Å²) in [7, 11) is 0. The number of hydrogen-bond acceptors (Lipinski definition) is 8. The molecule has 5 heterocycles. The Bertz CT molecular complexity index is 1690. The van der Waals surface area contributed by atoms with Crippen molar-refractivity contribution in [2.24, 2.45) is 0 Å². The smallest absolute Gasteiger partial charge is 0.268 e. The molecule has 222 valence electrons. The van der Waals surface area contributed by atoms with Crippen LogP contribution in [0.15, 0.2) is 60.4 Å². The van der Waals surface area contributed by atoms with E-state index < -0.39 is 5.54 Å². The van der Waals surface area contributed by atoms with Crippen molar-refractivity contribution in [3.8, 4) is 16.5 Å². The van der Waals surface area contributed by atoms with Gasteiger partial charge in [-0.2, -0.15) is 10.4 Å². The van der Waals surface area contributed by atoms with Crippen LogP contribution in [-0.2, 0) is 16.1 Å². The maximum Gasteiger partial charge on any atom is 0.268 e. The predicted molar refractivity (Wildman–Crippen MR) is 164 cm³/mol. The van der Waals surface area contributed by atoms with E-state index in [2.05, 4.69) is 26.5 Å². The van der Waals surface area contributed by atoms with Crippen LogP contribution >= 0.6 is 11.3 Å². The van der Waals surface area contributed by atoms with Crippen molar-refractivity contribution in [3.63, 3.8) is 0 Å². The van der Waals surface area contributed by atoms with Gasteiger partial charge in [0.15, 0.2) is 0 Å². The zero-order valence-corrected chi connectivity index (χ0v) is 25.1. The number of ether oxygens (including phenoxy) is 1. The van der Waals surface area contributed by atoms with E-state index in [4.69, 9.17) is 9.72 Å². The lowest BCUT2D eigenvalue weighted by Crippen LogP contribution is -2.49. The number of thiophene rings is 1. The van der Waals surface area contributed by atoms with E-state index in [0.717, 1.165) is 47.4 Å². The van der Waals surface area contributed by atoms with E-state index >= 15 is 0 Å². The second kappa shape index (κ2) is 12.1. The lowest BCUT2D eigenvalue weighted by molar-refractivity contribution is -0.127. The van der Waals surface area contributed by atoms with Crippen LogP contribution in [0.5, 0.6) is 0 Å². The number of carbonyl (C=O) groups excluding carboxylic acids is 2. The summed E-state index contributed by atoms with van der Waals surface area (Å²) >= 11 is 1.38. The second-order valence-electron chi connectivity index (χ2n) is 11.4. The molecule has 2 aliphatic rings. The number of H-pyrrole nitrogens is 1. The van der Waals surface area contributed by atoms with Gasteiger partial charge in [-0.1, -0.05) is 12.1 Å². The van der Waals surface area contributed by atoms with Gasteiger partial charge in [-0.3, -0.25) is 24.9 Å². The van der Waals surface area contributed by atoms with Crippen LogP contribution in [0.25, 0.3) is 21.5 Å². The van der Waals surface area contributed by atoms with Gasteiger partial charge in [-0.15, -0.1) is 11.3 Å². The first-order valence-corrected chi connectivity index (χ1v) is 15.3. The quantitative estimate of drug-likeness (QED) is 0.228. The summed E-state index contributed by atoms with van der Waals surface area (Å²) in [5, 5.41) is 19.8. The molecule has 43 heavy (non-hydrogen) atoms. The predicted octanol–water partition coefficient (Wildman–Crippen LogP) is 4.29. The largest absolute Gasteiger partial charge is 0.379 e. The van der Waals surface area contributed by atoms with E-state index in [-0.39, 0.29) is 23.4 Å². The normalized spacial score (nSPS) is 18.2. The number of aromatic nitrogens is 4. The molecule has 2 N–H and O–H groups in total. The summed E-state index contributed by atoms with van der Waals surface area (Å²) in [4.78, 5) is 37.4. The average molecular weight is 599 g/mol. The fraction of sp³-hybridized carbons (Fsp3) is 0.387. The number of amides is 2. The second-order valence-corrected chi connectivity index (χ2v) is 12.4. The molecule has 2 saturated heterocycles. The Labute approximate surface area is 253 Å². The van der Waals surface area contributed by atoms with Gasteiger partial charge in [0.2, 0.25) is 5.95 Å². The van der Waals surface area contributed by atoms with Crippen molar-refractivity contribution in [1.82, 2.24) is 29.5 Å². The number of anilines is 1. The molecule has 1 aromatic carbocycles. The van der Waals surface area contributed by atoms with Crippen LogP contribution in [0.4, 0.5) is 5.95 Å². The van der Waals surface area contributed by atoms with Crippen LogP contribution in [0.3, 0.4) is 0 Å². The lowest BCUT2D eigenvalue weighted by atomic mass is 9.97. The number of morpholine rings is 1. The standard InChI is InChI=1S/C31H34N8O3S/c1-31(2,37-12-14-42-15-13-37)16-21(17-32)29(41)38-11-5-6-23(38)20-39-25-8-4-3-7-24(25)35-30(39)36-28(40)27-10-9-26(43-27)22-18-33-34-19-22/h3-4,7-10,16,18-19,23H,5-6,11-15,20H2,1-2H3,(H,33,34)(H,35,36,40)/b21-16-/t23-/m1/s1. The SMILES string of the molecule is CC(C)(/C=C(/C#N)C(=O)N1CCC[C@@H]1Cn1c(NC(=O)c2ccc(-c3cn[nH]c3)s2)nc2ccccc21)N1CCOCC1. The number of nitrogens with zero attached hydrogens (tertiary/aromatic N) is 6. The minimum Gasteiger partial charge on any atom is -0.379 e. The number of rotatable bonds is 8. The van der Waals surface area contributed by atoms with Gasteiger partial charge in [0.1, 0.15) is 11.6 Å². The summed E-state index contributed by atoms with van der Waals surface area (Å²) < 4.78 is 7.46.